The van der Waals surface area contributed by atoms with Crippen molar-refractivity contribution in [2.45, 2.75) is 44.2 Å². The quantitative estimate of drug-likeness (QED) is 0.778. The van der Waals surface area contributed by atoms with E-state index in [1.807, 2.05) is 37.3 Å². The second-order valence-electron chi connectivity index (χ2n) is 4.67. The van der Waals surface area contributed by atoms with Gasteiger partial charge in [0.25, 0.3) is 0 Å². The van der Waals surface area contributed by atoms with Crippen molar-refractivity contribution in [1.29, 1.82) is 0 Å². The van der Waals surface area contributed by atoms with Gasteiger partial charge in [0.1, 0.15) is 0 Å². The number of aliphatic hydroxyl groups is 1. The zero-order chi connectivity index (χ0) is 10.7. The van der Waals surface area contributed by atoms with Crippen LogP contribution < -0.4 is 5.32 Å². The van der Waals surface area contributed by atoms with E-state index in [-0.39, 0.29) is 6.04 Å². The lowest BCUT2D eigenvalue weighted by atomic mass is 9.81. The lowest BCUT2D eigenvalue weighted by Crippen LogP contribution is -2.46. The molecular weight excluding hydrogens is 186 g/mol. The van der Waals surface area contributed by atoms with Gasteiger partial charge in [0.2, 0.25) is 0 Å². The van der Waals surface area contributed by atoms with Crippen LogP contribution in [-0.2, 0) is 0 Å². The van der Waals surface area contributed by atoms with E-state index in [0.29, 0.717) is 0 Å². The van der Waals surface area contributed by atoms with Crippen molar-refractivity contribution in [2.75, 3.05) is 5.32 Å². The molecule has 0 amide bonds. The van der Waals surface area contributed by atoms with Gasteiger partial charge >= 0.3 is 0 Å². The molecule has 1 aliphatic carbocycles. The van der Waals surface area contributed by atoms with Gasteiger partial charge in [-0.1, -0.05) is 31.0 Å². The lowest BCUT2D eigenvalue weighted by molar-refractivity contribution is 0.0106. The molecule has 1 saturated carbocycles. The topological polar surface area (TPSA) is 32.3 Å². The van der Waals surface area contributed by atoms with Crippen molar-refractivity contribution in [3.8, 4) is 0 Å². The molecule has 2 nitrogen and oxygen atoms in total. The highest BCUT2D eigenvalue weighted by Crippen LogP contribution is 2.30. The summed E-state index contributed by atoms with van der Waals surface area (Å²) >= 11 is 0. The first-order valence-corrected chi connectivity index (χ1v) is 5.72. The van der Waals surface area contributed by atoms with E-state index in [0.717, 1.165) is 24.9 Å². The van der Waals surface area contributed by atoms with E-state index >= 15 is 0 Å². The standard InChI is InChI=1S/C13H19NO/c1-13(15)10-6-5-9-12(13)14-11-7-3-2-4-8-11/h2-4,7-8,12,14-15H,5-6,9-10H2,1H3. The molecule has 1 aromatic rings. The minimum atomic E-state index is -0.561. The first kappa shape index (κ1) is 10.5. The normalized spacial score (nSPS) is 31.2. The van der Waals surface area contributed by atoms with Crippen molar-refractivity contribution >= 4 is 5.69 Å². The summed E-state index contributed by atoms with van der Waals surface area (Å²) in [5.41, 5.74) is 0.540. The highest BCUT2D eigenvalue weighted by atomic mass is 16.3. The Balaban J connectivity index is 2.05. The monoisotopic (exact) mass is 205 g/mol. The number of benzene rings is 1. The maximum Gasteiger partial charge on any atom is 0.0819 e. The molecule has 1 fully saturated rings. The van der Waals surface area contributed by atoms with Crippen LogP contribution in [0.2, 0.25) is 0 Å². The van der Waals surface area contributed by atoms with Crippen LogP contribution in [0, 0.1) is 0 Å². The summed E-state index contributed by atoms with van der Waals surface area (Å²) in [6, 6.07) is 10.3. The van der Waals surface area contributed by atoms with Crippen LogP contribution in [0.5, 0.6) is 0 Å². The Morgan fingerprint density at radius 1 is 1.27 bits per heavy atom. The molecule has 82 valence electrons. The van der Waals surface area contributed by atoms with Gasteiger partial charge in [-0.25, -0.2) is 0 Å². The third kappa shape index (κ3) is 2.51. The summed E-state index contributed by atoms with van der Waals surface area (Å²) in [6.07, 6.45) is 4.31. The Morgan fingerprint density at radius 2 is 2.00 bits per heavy atom. The first-order valence-electron chi connectivity index (χ1n) is 5.72. The summed E-state index contributed by atoms with van der Waals surface area (Å²) in [4.78, 5) is 0. The zero-order valence-corrected chi connectivity index (χ0v) is 9.24. The maximum absolute atomic E-state index is 10.2. The molecule has 0 spiro atoms. The molecule has 2 N–H and O–H groups in total. The lowest BCUT2D eigenvalue weighted by Gasteiger charge is -2.38. The van der Waals surface area contributed by atoms with E-state index in [4.69, 9.17) is 0 Å². The highest BCUT2D eigenvalue weighted by Gasteiger charge is 2.34. The van der Waals surface area contributed by atoms with Crippen molar-refractivity contribution in [3.05, 3.63) is 30.3 Å². The second-order valence-corrected chi connectivity index (χ2v) is 4.67. The van der Waals surface area contributed by atoms with Gasteiger partial charge in [-0.05, 0) is 31.9 Å². The average molecular weight is 205 g/mol. The van der Waals surface area contributed by atoms with E-state index in [2.05, 4.69) is 5.32 Å². The predicted molar refractivity (Wildman–Crippen MR) is 62.9 cm³/mol. The molecule has 1 aliphatic rings. The van der Waals surface area contributed by atoms with Gasteiger partial charge in [0.15, 0.2) is 0 Å². The Bertz CT molecular complexity index is 308. The van der Waals surface area contributed by atoms with E-state index in [1.54, 1.807) is 0 Å². The third-order valence-corrected chi connectivity index (χ3v) is 3.29. The maximum atomic E-state index is 10.2. The summed E-state index contributed by atoms with van der Waals surface area (Å²) in [7, 11) is 0. The van der Waals surface area contributed by atoms with Crippen LogP contribution >= 0.6 is 0 Å². The van der Waals surface area contributed by atoms with Gasteiger partial charge < -0.3 is 10.4 Å². The summed E-state index contributed by atoms with van der Waals surface area (Å²) in [5, 5.41) is 13.7. The van der Waals surface area contributed by atoms with E-state index in [1.165, 1.54) is 6.42 Å². The smallest absolute Gasteiger partial charge is 0.0819 e. The fourth-order valence-corrected chi connectivity index (χ4v) is 2.28. The van der Waals surface area contributed by atoms with Gasteiger partial charge in [-0.3, -0.25) is 0 Å². The number of hydrogen-bond acceptors (Lipinski definition) is 2. The molecular formula is C13H19NO. The zero-order valence-electron chi connectivity index (χ0n) is 9.24. The van der Waals surface area contributed by atoms with E-state index < -0.39 is 5.60 Å². The molecule has 0 aromatic heterocycles. The molecule has 0 bridgehead atoms. The van der Waals surface area contributed by atoms with Crippen LogP contribution in [0.15, 0.2) is 30.3 Å². The molecule has 0 radical (unpaired) electrons. The Kier molecular flexibility index (Phi) is 2.96. The Morgan fingerprint density at radius 3 is 2.67 bits per heavy atom. The molecule has 0 aliphatic heterocycles. The van der Waals surface area contributed by atoms with Crippen molar-refractivity contribution in [2.24, 2.45) is 0 Å². The molecule has 2 rings (SSSR count). The van der Waals surface area contributed by atoms with Crippen LogP contribution in [0.25, 0.3) is 0 Å². The number of nitrogens with one attached hydrogen (secondary N) is 1. The number of anilines is 1. The van der Waals surface area contributed by atoms with Gasteiger partial charge in [0.05, 0.1) is 11.6 Å². The summed E-state index contributed by atoms with van der Waals surface area (Å²) < 4.78 is 0. The van der Waals surface area contributed by atoms with Crippen molar-refractivity contribution < 1.29 is 5.11 Å². The largest absolute Gasteiger partial charge is 0.388 e. The minimum absolute atomic E-state index is 0.189. The fourth-order valence-electron chi connectivity index (χ4n) is 2.28. The minimum Gasteiger partial charge on any atom is -0.388 e. The van der Waals surface area contributed by atoms with Gasteiger partial charge in [-0.2, -0.15) is 0 Å². The Hall–Kier alpha value is -1.02. The van der Waals surface area contributed by atoms with Crippen LogP contribution in [0.4, 0.5) is 5.69 Å². The number of hydrogen-bond donors (Lipinski definition) is 2. The SMILES string of the molecule is CC1(O)CCCCC1Nc1ccccc1. The van der Waals surface area contributed by atoms with Crippen molar-refractivity contribution in [3.63, 3.8) is 0 Å². The van der Waals surface area contributed by atoms with Crippen molar-refractivity contribution in [1.82, 2.24) is 0 Å². The fraction of sp³-hybridized carbons (Fsp3) is 0.538. The second kappa shape index (κ2) is 4.23. The molecule has 0 heterocycles. The number of rotatable bonds is 2. The highest BCUT2D eigenvalue weighted by molar-refractivity contribution is 5.44. The van der Waals surface area contributed by atoms with Crippen LogP contribution in [0.1, 0.15) is 32.6 Å². The predicted octanol–water partition coefficient (Wildman–Crippen LogP) is 2.79. The van der Waals surface area contributed by atoms with Gasteiger partial charge in [0, 0.05) is 5.69 Å². The van der Waals surface area contributed by atoms with Crippen LogP contribution in [0.3, 0.4) is 0 Å². The average Bonchev–Trinajstić information content (AvgIpc) is 2.23. The third-order valence-electron chi connectivity index (χ3n) is 3.29. The number of para-hydroxylation sites is 1. The Labute approximate surface area is 91.3 Å². The first-order chi connectivity index (χ1) is 7.18. The van der Waals surface area contributed by atoms with Gasteiger partial charge in [-0.15, -0.1) is 0 Å². The molecule has 2 unspecified atom stereocenters. The van der Waals surface area contributed by atoms with E-state index in [9.17, 15) is 5.11 Å². The molecule has 1 aromatic carbocycles. The summed E-state index contributed by atoms with van der Waals surface area (Å²) in [6.45, 7) is 1.94. The molecule has 2 heteroatoms. The molecule has 2 atom stereocenters. The summed E-state index contributed by atoms with van der Waals surface area (Å²) in [5.74, 6) is 0. The molecule has 0 saturated heterocycles. The molecule has 15 heavy (non-hydrogen) atoms. The van der Waals surface area contributed by atoms with Crippen LogP contribution in [-0.4, -0.2) is 16.7 Å².